The second-order valence-corrected chi connectivity index (χ2v) is 6.15. The molecule has 0 aliphatic heterocycles. The van der Waals surface area contributed by atoms with Gasteiger partial charge in [-0.25, -0.2) is 4.79 Å². The highest BCUT2D eigenvalue weighted by atomic mass is 32.3. The molecule has 0 amide bonds. The van der Waals surface area contributed by atoms with E-state index < -0.39 is 30.5 Å². The summed E-state index contributed by atoms with van der Waals surface area (Å²) in [4.78, 5) is 10.6. The molecule has 2 N–H and O–H groups in total. The third-order valence-corrected chi connectivity index (χ3v) is 4.69. The largest absolute Gasteiger partial charge is 0.420 e. The number of carbonyl (C=O) groups excluding carboxylic acids is 1. The number of hydrogen-bond donors (Lipinski definition) is 2. The van der Waals surface area contributed by atoms with E-state index in [1.165, 1.54) is 0 Å². The molecular formula is C5H8O8S2. The molecule has 0 saturated carbocycles. The van der Waals surface area contributed by atoms with Crippen LogP contribution in [-0.2, 0) is 29.8 Å². The Morgan fingerprint density at radius 1 is 1.27 bits per heavy atom. The maximum Gasteiger partial charge on any atom is 0.357 e. The van der Waals surface area contributed by atoms with Gasteiger partial charge in [-0.05, 0) is 0 Å². The quantitative estimate of drug-likeness (QED) is 0.379. The summed E-state index contributed by atoms with van der Waals surface area (Å²) >= 11 is 0. The SMILES string of the molecule is C=CC(=O)OC(C)(S(=O)(=O)O)S(=O)(=O)O. The third kappa shape index (κ3) is 2.75. The summed E-state index contributed by atoms with van der Waals surface area (Å²) in [6, 6.07) is 0. The minimum Gasteiger partial charge on any atom is -0.420 e. The van der Waals surface area contributed by atoms with Crippen LogP contribution in [0.2, 0.25) is 0 Å². The van der Waals surface area contributed by atoms with E-state index in [0.29, 0.717) is 13.0 Å². The number of hydrogen-bond acceptors (Lipinski definition) is 6. The van der Waals surface area contributed by atoms with Gasteiger partial charge in [-0.15, -0.1) is 0 Å². The van der Waals surface area contributed by atoms with Gasteiger partial charge in [0.05, 0.1) is 0 Å². The van der Waals surface area contributed by atoms with Gasteiger partial charge in [0.15, 0.2) is 0 Å². The Hall–Kier alpha value is -0.970. The van der Waals surface area contributed by atoms with Crippen LogP contribution in [0.15, 0.2) is 12.7 Å². The summed E-state index contributed by atoms with van der Waals surface area (Å²) < 4.78 is 60.1. The van der Waals surface area contributed by atoms with Crippen LogP contribution in [0.3, 0.4) is 0 Å². The Kier molecular flexibility index (Phi) is 3.63. The lowest BCUT2D eigenvalue weighted by Gasteiger charge is -2.21. The first-order chi connectivity index (χ1) is 6.45. The highest BCUT2D eigenvalue weighted by Crippen LogP contribution is 2.24. The number of ether oxygens (including phenoxy) is 1. The summed E-state index contributed by atoms with van der Waals surface area (Å²) in [5.41, 5.74) is 0. The molecule has 0 unspecified atom stereocenters. The van der Waals surface area contributed by atoms with Crippen LogP contribution in [0, 0.1) is 0 Å². The molecule has 10 heteroatoms. The smallest absolute Gasteiger partial charge is 0.357 e. The van der Waals surface area contributed by atoms with Crippen molar-refractivity contribution in [2.45, 2.75) is 11.2 Å². The Morgan fingerprint density at radius 2 is 1.60 bits per heavy atom. The van der Waals surface area contributed by atoms with Crippen molar-refractivity contribution in [2.75, 3.05) is 0 Å². The van der Waals surface area contributed by atoms with Gasteiger partial charge < -0.3 is 4.74 Å². The van der Waals surface area contributed by atoms with Gasteiger partial charge in [-0.3, -0.25) is 9.11 Å². The average molecular weight is 260 g/mol. The lowest BCUT2D eigenvalue weighted by molar-refractivity contribution is -0.141. The maximum atomic E-state index is 10.7. The molecule has 0 aliphatic rings. The minimum atomic E-state index is -5.36. The Morgan fingerprint density at radius 3 is 1.80 bits per heavy atom. The van der Waals surface area contributed by atoms with Gasteiger partial charge in [-0.2, -0.15) is 16.8 Å². The molecule has 0 aromatic heterocycles. The second-order valence-electron chi connectivity index (χ2n) is 2.44. The molecule has 0 fully saturated rings. The first-order valence-electron chi connectivity index (χ1n) is 3.25. The summed E-state index contributed by atoms with van der Waals surface area (Å²) in [5.74, 6) is -1.44. The first kappa shape index (κ1) is 14.0. The van der Waals surface area contributed by atoms with E-state index in [4.69, 9.17) is 9.11 Å². The van der Waals surface area contributed by atoms with Crippen LogP contribution >= 0.6 is 0 Å². The minimum absolute atomic E-state index is 0.305. The molecule has 8 nitrogen and oxygen atoms in total. The molecule has 88 valence electrons. The topological polar surface area (TPSA) is 135 Å². The van der Waals surface area contributed by atoms with E-state index >= 15 is 0 Å². The lowest BCUT2D eigenvalue weighted by Crippen LogP contribution is -2.46. The van der Waals surface area contributed by atoms with E-state index in [9.17, 15) is 21.6 Å². The Balaban J connectivity index is 5.66. The zero-order valence-corrected chi connectivity index (χ0v) is 9.08. The van der Waals surface area contributed by atoms with Gasteiger partial charge in [-0.1, -0.05) is 6.58 Å². The van der Waals surface area contributed by atoms with E-state index in [1.54, 1.807) is 0 Å². The second kappa shape index (κ2) is 3.89. The van der Waals surface area contributed by atoms with Crippen LogP contribution in [-0.4, -0.2) is 36.2 Å². The van der Waals surface area contributed by atoms with Crippen LogP contribution in [0.1, 0.15) is 6.92 Å². The first-order valence-corrected chi connectivity index (χ1v) is 6.13. The fourth-order valence-corrected chi connectivity index (χ4v) is 1.90. The molecule has 0 aromatic rings. The van der Waals surface area contributed by atoms with Crippen molar-refractivity contribution in [1.29, 1.82) is 0 Å². The highest BCUT2D eigenvalue weighted by molar-refractivity contribution is 8.05. The highest BCUT2D eigenvalue weighted by Gasteiger charge is 2.54. The molecule has 0 radical (unpaired) electrons. The van der Waals surface area contributed by atoms with Crippen LogP contribution < -0.4 is 0 Å². The van der Waals surface area contributed by atoms with Gasteiger partial charge in [0.1, 0.15) is 0 Å². The van der Waals surface area contributed by atoms with Crippen molar-refractivity contribution < 1.29 is 35.5 Å². The third-order valence-electron chi connectivity index (χ3n) is 1.39. The lowest BCUT2D eigenvalue weighted by atomic mass is 10.6. The fourth-order valence-electron chi connectivity index (χ4n) is 0.463. The average Bonchev–Trinajstić information content (AvgIpc) is 1.99. The van der Waals surface area contributed by atoms with Crippen molar-refractivity contribution >= 4 is 26.2 Å². The molecule has 0 heterocycles. The molecule has 0 aromatic carbocycles. The van der Waals surface area contributed by atoms with E-state index in [-0.39, 0.29) is 0 Å². The van der Waals surface area contributed by atoms with Crippen molar-refractivity contribution in [3.8, 4) is 0 Å². The molecule has 0 saturated heterocycles. The van der Waals surface area contributed by atoms with E-state index in [2.05, 4.69) is 11.3 Å². The molecule has 0 atom stereocenters. The number of esters is 1. The molecule has 0 aliphatic carbocycles. The van der Waals surface area contributed by atoms with Crippen molar-refractivity contribution in [3.63, 3.8) is 0 Å². The van der Waals surface area contributed by atoms with Crippen molar-refractivity contribution in [1.82, 2.24) is 0 Å². The number of carbonyl (C=O) groups is 1. The monoisotopic (exact) mass is 260 g/mol. The zero-order valence-electron chi connectivity index (χ0n) is 7.44. The molecule has 0 spiro atoms. The van der Waals surface area contributed by atoms with Crippen LogP contribution in [0.25, 0.3) is 0 Å². The summed E-state index contributed by atoms with van der Waals surface area (Å²) in [5, 5.41) is 0. The molecule has 0 rings (SSSR count). The Labute approximate surface area is 86.0 Å². The molecule has 15 heavy (non-hydrogen) atoms. The molecular weight excluding hydrogens is 252 g/mol. The van der Waals surface area contributed by atoms with Crippen LogP contribution in [0.4, 0.5) is 0 Å². The Bertz CT molecular complexity index is 437. The fraction of sp³-hybridized carbons (Fsp3) is 0.400. The van der Waals surface area contributed by atoms with Gasteiger partial charge in [0.25, 0.3) is 0 Å². The summed E-state index contributed by atoms with van der Waals surface area (Å²) in [6.07, 6.45) is 0.467. The molecule has 0 bridgehead atoms. The summed E-state index contributed by atoms with van der Waals surface area (Å²) in [7, 11) is -10.7. The standard InChI is InChI=1S/C5H8O8S2/c1-3-4(6)13-5(2,14(7,8)9)15(10,11)12/h3H,1H2,2H3,(H,7,8,9)(H,10,11,12). The van der Waals surface area contributed by atoms with E-state index in [0.717, 1.165) is 0 Å². The number of rotatable bonds is 4. The van der Waals surface area contributed by atoms with Gasteiger partial charge >= 0.3 is 30.5 Å². The van der Waals surface area contributed by atoms with E-state index in [1.807, 2.05) is 0 Å². The van der Waals surface area contributed by atoms with Crippen LogP contribution in [0.5, 0.6) is 0 Å². The van der Waals surface area contributed by atoms with Gasteiger partial charge in [0.2, 0.25) is 0 Å². The van der Waals surface area contributed by atoms with Crippen molar-refractivity contribution in [3.05, 3.63) is 12.7 Å². The predicted molar refractivity (Wildman–Crippen MR) is 47.8 cm³/mol. The normalized spacial score (nSPS) is 13.3. The predicted octanol–water partition coefficient (Wildman–Crippen LogP) is -0.835. The summed E-state index contributed by atoms with van der Waals surface area (Å²) in [6.45, 7) is 3.19. The zero-order chi connectivity index (χ0) is 12.5. The maximum absolute atomic E-state index is 10.7. The van der Waals surface area contributed by atoms with Gasteiger partial charge in [0, 0.05) is 13.0 Å². The van der Waals surface area contributed by atoms with Crippen molar-refractivity contribution in [2.24, 2.45) is 0 Å².